The van der Waals surface area contributed by atoms with E-state index in [9.17, 15) is 23.4 Å². The number of hydrogen-bond acceptors (Lipinski definition) is 5. The fraction of sp³-hybridized carbons (Fsp3) is 0.524. The molecule has 0 atom stereocenters. The summed E-state index contributed by atoms with van der Waals surface area (Å²) in [6.45, 7) is 6.48. The molecule has 3 rings (SSSR count). The Hall–Kier alpha value is -2.55. The maximum atomic E-state index is 12.5. The number of aromatic hydroxyl groups is 2. The zero-order valence-corrected chi connectivity index (χ0v) is 17.2. The first kappa shape index (κ1) is 22.1. The van der Waals surface area contributed by atoms with Crippen LogP contribution in [0.5, 0.6) is 17.5 Å². The number of alkyl halides is 3. The summed E-state index contributed by atoms with van der Waals surface area (Å²) in [7, 11) is 0. The van der Waals surface area contributed by atoms with Crippen molar-refractivity contribution in [2.45, 2.75) is 33.0 Å². The number of nitrogens with zero attached hydrogens (tertiary/aromatic N) is 3. The number of benzene rings is 1. The van der Waals surface area contributed by atoms with Gasteiger partial charge in [0.1, 0.15) is 5.75 Å². The van der Waals surface area contributed by atoms with Gasteiger partial charge >= 0.3 is 6.18 Å². The van der Waals surface area contributed by atoms with Crippen molar-refractivity contribution < 1.29 is 28.1 Å². The van der Waals surface area contributed by atoms with Crippen LogP contribution in [0.15, 0.2) is 24.3 Å². The third-order valence-corrected chi connectivity index (χ3v) is 5.57. The first-order chi connectivity index (χ1) is 14.2. The lowest BCUT2D eigenvalue weighted by atomic mass is 10.2. The standard InChI is InChI=1S/C21H28F3N3O3/c1-15-16(2)20(29)27(19(15)28)9-5-8-25-10-12-26(13-11-25)17-6-3-4-7-18(17)30-14-21(22,23)24/h3-4,6-7,28-29H,5,8-14H2,1-2H3. The second kappa shape index (κ2) is 9.07. The molecule has 2 heterocycles. The number of piperazine rings is 1. The molecule has 2 N–H and O–H groups in total. The number of para-hydroxylation sites is 2. The maximum absolute atomic E-state index is 12.5. The van der Waals surface area contributed by atoms with Crippen molar-refractivity contribution in [3.63, 3.8) is 0 Å². The first-order valence-corrected chi connectivity index (χ1v) is 10.0. The summed E-state index contributed by atoms with van der Waals surface area (Å²) in [4.78, 5) is 4.31. The monoisotopic (exact) mass is 427 g/mol. The van der Waals surface area contributed by atoms with E-state index in [0.717, 1.165) is 26.1 Å². The lowest BCUT2D eigenvalue weighted by Crippen LogP contribution is -2.46. The highest BCUT2D eigenvalue weighted by Gasteiger charge is 2.29. The van der Waals surface area contributed by atoms with Gasteiger partial charge in [-0.05, 0) is 38.9 Å². The van der Waals surface area contributed by atoms with Gasteiger partial charge in [0.15, 0.2) is 18.4 Å². The average molecular weight is 427 g/mol. The van der Waals surface area contributed by atoms with Crippen LogP contribution in [0.3, 0.4) is 0 Å². The van der Waals surface area contributed by atoms with Gasteiger partial charge in [-0.25, -0.2) is 0 Å². The summed E-state index contributed by atoms with van der Waals surface area (Å²) in [6.07, 6.45) is -3.61. The minimum atomic E-state index is -4.37. The smallest absolute Gasteiger partial charge is 0.422 e. The van der Waals surface area contributed by atoms with Crippen molar-refractivity contribution in [3.05, 3.63) is 35.4 Å². The fourth-order valence-electron chi connectivity index (χ4n) is 3.72. The normalized spacial score (nSPS) is 15.6. The molecule has 166 valence electrons. The molecule has 0 unspecified atom stereocenters. The van der Waals surface area contributed by atoms with Crippen LogP contribution < -0.4 is 9.64 Å². The number of aromatic nitrogens is 1. The highest BCUT2D eigenvalue weighted by atomic mass is 19.4. The summed E-state index contributed by atoms with van der Waals surface area (Å²) in [5.41, 5.74) is 2.05. The predicted molar refractivity (Wildman–Crippen MR) is 108 cm³/mol. The van der Waals surface area contributed by atoms with Crippen LogP contribution in [0, 0.1) is 13.8 Å². The van der Waals surface area contributed by atoms with Crippen LogP contribution in [0.4, 0.5) is 18.9 Å². The van der Waals surface area contributed by atoms with Gasteiger partial charge in [0.25, 0.3) is 0 Å². The van der Waals surface area contributed by atoms with Crippen LogP contribution >= 0.6 is 0 Å². The summed E-state index contributed by atoms with van der Waals surface area (Å²) < 4.78 is 44.0. The average Bonchev–Trinajstić information content (AvgIpc) is 2.90. The number of anilines is 1. The summed E-state index contributed by atoms with van der Waals surface area (Å²) >= 11 is 0. The molecule has 0 aliphatic carbocycles. The summed E-state index contributed by atoms with van der Waals surface area (Å²) in [5, 5.41) is 20.2. The Balaban J connectivity index is 1.51. The van der Waals surface area contributed by atoms with Gasteiger partial charge < -0.3 is 19.8 Å². The molecular weight excluding hydrogens is 399 g/mol. The molecule has 1 fully saturated rings. The zero-order valence-electron chi connectivity index (χ0n) is 17.2. The molecule has 0 spiro atoms. The van der Waals surface area contributed by atoms with Crippen LogP contribution in [0.25, 0.3) is 0 Å². The lowest BCUT2D eigenvalue weighted by Gasteiger charge is -2.36. The van der Waals surface area contributed by atoms with Crippen LogP contribution in [0.2, 0.25) is 0 Å². The Morgan fingerprint density at radius 2 is 1.53 bits per heavy atom. The Morgan fingerprint density at radius 1 is 0.933 bits per heavy atom. The molecule has 0 bridgehead atoms. The molecule has 2 aromatic rings. The molecule has 0 radical (unpaired) electrons. The minimum absolute atomic E-state index is 0.102. The van der Waals surface area contributed by atoms with Gasteiger partial charge in [-0.15, -0.1) is 0 Å². The van der Waals surface area contributed by atoms with Crippen molar-refractivity contribution in [2.75, 3.05) is 44.2 Å². The van der Waals surface area contributed by atoms with Gasteiger partial charge in [0.2, 0.25) is 0 Å². The van der Waals surface area contributed by atoms with Crippen LogP contribution in [-0.4, -0.2) is 65.2 Å². The topological polar surface area (TPSA) is 61.1 Å². The number of rotatable bonds is 7. The molecule has 1 aliphatic rings. The van der Waals surface area contributed by atoms with Crippen LogP contribution in [-0.2, 0) is 6.54 Å². The van der Waals surface area contributed by atoms with Crippen molar-refractivity contribution in [1.29, 1.82) is 0 Å². The SMILES string of the molecule is Cc1c(C)c(O)n(CCCN2CCN(c3ccccc3OCC(F)(F)F)CC2)c1O. The van der Waals surface area contributed by atoms with Crippen molar-refractivity contribution in [3.8, 4) is 17.5 Å². The van der Waals surface area contributed by atoms with E-state index in [4.69, 9.17) is 4.74 Å². The zero-order chi connectivity index (χ0) is 21.9. The van der Waals surface area contributed by atoms with Gasteiger partial charge in [0, 0.05) is 43.9 Å². The molecule has 9 heteroatoms. The van der Waals surface area contributed by atoms with Crippen molar-refractivity contribution in [2.24, 2.45) is 0 Å². The molecule has 30 heavy (non-hydrogen) atoms. The van der Waals surface area contributed by atoms with Crippen LogP contribution in [0.1, 0.15) is 17.5 Å². The van der Waals surface area contributed by atoms with E-state index in [-0.39, 0.29) is 17.5 Å². The summed E-state index contributed by atoms with van der Waals surface area (Å²) in [6, 6.07) is 6.81. The Labute approximate surface area is 174 Å². The van der Waals surface area contributed by atoms with Gasteiger partial charge in [0.05, 0.1) is 5.69 Å². The highest BCUT2D eigenvalue weighted by molar-refractivity contribution is 5.58. The minimum Gasteiger partial charge on any atom is -0.494 e. The second-order valence-electron chi connectivity index (χ2n) is 7.60. The third kappa shape index (κ3) is 5.13. The number of halogens is 3. The summed E-state index contributed by atoms with van der Waals surface area (Å²) in [5.74, 6) is 0.447. The molecule has 0 amide bonds. The first-order valence-electron chi connectivity index (χ1n) is 10.0. The Morgan fingerprint density at radius 3 is 2.13 bits per heavy atom. The highest BCUT2D eigenvalue weighted by Crippen LogP contribution is 2.33. The van der Waals surface area contributed by atoms with Gasteiger partial charge in [-0.2, -0.15) is 13.2 Å². The van der Waals surface area contributed by atoms with E-state index < -0.39 is 12.8 Å². The molecule has 1 saturated heterocycles. The fourth-order valence-corrected chi connectivity index (χ4v) is 3.72. The van der Waals surface area contributed by atoms with E-state index in [1.165, 1.54) is 4.57 Å². The van der Waals surface area contributed by atoms with E-state index in [2.05, 4.69) is 4.90 Å². The van der Waals surface area contributed by atoms with E-state index in [1.807, 2.05) is 4.90 Å². The lowest BCUT2D eigenvalue weighted by molar-refractivity contribution is -0.153. The molecular formula is C21H28F3N3O3. The van der Waals surface area contributed by atoms with Gasteiger partial charge in [-0.3, -0.25) is 9.47 Å². The third-order valence-electron chi connectivity index (χ3n) is 5.57. The second-order valence-corrected chi connectivity index (χ2v) is 7.60. The number of hydrogen-bond donors (Lipinski definition) is 2. The van der Waals surface area contributed by atoms with Crippen molar-refractivity contribution >= 4 is 5.69 Å². The Kier molecular flexibility index (Phi) is 6.70. The Bertz CT molecular complexity index is 834. The molecule has 1 aromatic heterocycles. The van der Waals surface area contributed by atoms with Gasteiger partial charge in [-0.1, -0.05) is 12.1 Å². The number of ether oxygens (including phenoxy) is 1. The predicted octanol–water partition coefficient (Wildman–Crippen LogP) is 3.67. The quantitative estimate of drug-likeness (QED) is 0.706. The largest absolute Gasteiger partial charge is 0.494 e. The van der Waals surface area contributed by atoms with E-state index >= 15 is 0 Å². The molecule has 0 saturated carbocycles. The van der Waals surface area contributed by atoms with Crippen molar-refractivity contribution in [1.82, 2.24) is 9.47 Å². The van der Waals surface area contributed by atoms with E-state index in [1.54, 1.807) is 38.1 Å². The molecule has 6 nitrogen and oxygen atoms in total. The van der Waals surface area contributed by atoms with E-state index in [0.29, 0.717) is 36.4 Å². The maximum Gasteiger partial charge on any atom is 0.422 e. The molecule has 1 aliphatic heterocycles. The molecule has 1 aromatic carbocycles.